The van der Waals surface area contributed by atoms with Gasteiger partial charge in [0.25, 0.3) is 0 Å². The first kappa shape index (κ1) is 12.8. The molecule has 0 radical (unpaired) electrons. The maximum atomic E-state index is 14.0. The quantitative estimate of drug-likeness (QED) is 0.851. The molecule has 0 amide bonds. The first-order valence-corrected chi connectivity index (χ1v) is 6.09. The predicted molar refractivity (Wildman–Crippen MR) is 73.9 cm³/mol. The van der Waals surface area contributed by atoms with Gasteiger partial charge in [-0.05, 0) is 55.2 Å². The van der Waals surface area contributed by atoms with Crippen molar-refractivity contribution in [1.82, 2.24) is 0 Å². The van der Waals surface area contributed by atoms with Gasteiger partial charge < -0.3 is 5.73 Å². The van der Waals surface area contributed by atoms with Gasteiger partial charge in [0.15, 0.2) is 0 Å². The second-order valence-corrected chi connectivity index (χ2v) is 4.79. The Morgan fingerprint density at radius 2 is 1.61 bits per heavy atom. The van der Waals surface area contributed by atoms with E-state index in [0.29, 0.717) is 12.1 Å². The van der Waals surface area contributed by atoms with Crippen LogP contribution in [0.2, 0.25) is 0 Å². The van der Waals surface area contributed by atoms with Crippen LogP contribution in [-0.2, 0) is 6.54 Å². The van der Waals surface area contributed by atoms with Crippen molar-refractivity contribution >= 4 is 0 Å². The fraction of sp³-hybridized carbons (Fsp3) is 0.250. The van der Waals surface area contributed by atoms with Gasteiger partial charge in [-0.15, -0.1) is 0 Å². The van der Waals surface area contributed by atoms with Crippen molar-refractivity contribution in [2.75, 3.05) is 0 Å². The molecule has 0 saturated carbocycles. The SMILES string of the molecule is Cc1cc(C)c(-c2cc(CN)ccc2F)c(C)c1. The summed E-state index contributed by atoms with van der Waals surface area (Å²) in [5, 5.41) is 0. The molecule has 18 heavy (non-hydrogen) atoms. The lowest BCUT2D eigenvalue weighted by Crippen LogP contribution is -1.99. The van der Waals surface area contributed by atoms with Gasteiger partial charge in [0.1, 0.15) is 5.82 Å². The second kappa shape index (κ2) is 4.91. The van der Waals surface area contributed by atoms with Crippen molar-refractivity contribution in [3.8, 4) is 11.1 Å². The molecule has 0 unspecified atom stereocenters. The van der Waals surface area contributed by atoms with Gasteiger partial charge in [0.05, 0.1) is 0 Å². The molecule has 0 aromatic heterocycles. The molecule has 0 aliphatic heterocycles. The lowest BCUT2D eigenvalue weighted by Gasteiger charge is -2.13. The molecule has 0 aliphatic rings. The fourth-order valence-electron chi connectivity index (χ4n) is 2.50. The van der Waals surface area contributed by atoms with E-state index >= 15 is 0 Å². The van der Waals surface area contributed by atoms with E-state index in [1.165, 1.54) is 11.6 Å². The molecular formula is C16H18FN. The van der Waals surface area contributed by atoms with Gasteiger partial charge in [0.2, 0.25) is 0 Å². The van der Waals surface area contributed by atoms with E-state index in [4.69, 9.17) is 5.73 Å². The Morgan fingerprint density at radius 1 is 1.00 bits per heavy atom. The number of hydrogen-bond donors (Lipinski definition) is 1. The highest BCUT2D eigenvalue weighted by atomic mass is 19.1. The Hall–Kier alpha value is -1.67. The lowest BCUT2D eigenvalue weighted by molar-refractivity contribution is 0.630. The van der Waals surface area contributed by atoms with Crippen LogP contribution in [0, 0.1) is 26.6 Å². The predicted octanol–water partition coefficient (Wildman–Crippen LogP) is 3.88. The zero-order valence-electron chi connectivity index (χ0n) is 11.0. The van der Waals surface area contributed by atoms with Crippen LogP contribution in [0.5, 0.6) is 0 Å². The summed E-state index contributed by atoms with van der Waals surface area (Å²) in [7, 11) is 0. The van der Waals surface area contributed by atoms with Crippen LogP contribution in [0.15, 0.2) is 30.3 Å². The average Bonchev–Trinajstić information content (AvgIpc) is 2.30. The third-order valence-corrected chi connectivity index (χ3v) is 3.21. The minimum atomic E-state index is -0.192. The van der Waals surface area contributed by atoms with E-state index < -0.39 is 0 Å². The molecule has 0 aliphatic carbocycles. The van der Waals surface area contributed by atoms with Crippen molar-refractivity contribution in [2.45, 2.75) is 27.3 Å². The zero-order chi connectivity index (χ0) is 13.3. The van der Waals surface area contributed by atoms with Gasteiger partial charge >= 0.3 is 0 Å². The summed E-state index contributed by atoms with van der Waals surface area (Å²) < 4.78 is 14.0. The van der Waals surface area contributed by atoms with Crippen LogP contribution in [0.25, 0.3) is 11.1 Å². The van der Waals surface area contributed by atoms with E-state index in [1.807, 2.05) is 19.9 Å². The Labute approximate surface area is 107 Å². The molecule has 0 heterocycles. The van der Waals surface area contributed by atoms with Gasteiger partial charge in [-0.25, -0.2) is 4.39 Å². The smallest absolute Gasteiger partial charge is 0.131 e. The van der Waals surface area contributed by atoms with Gasteiger partial charge in [-0.3, -0.25) is 0 Å². The second-order valence-electron chi connectivity index (χ2n) is 4.79. The molecule has 2 N–H and O–H groups in total. The first-order chi connectivity index (χ1) is 8.52. The minimum absolute atomic E-state index is 0.192. The highest BCUT2D eigenvalue weighted by molar-refractivity contribution is 5.72. The summed E-state index contributed by atoms with van der Waals surface area (Å²) in [5.41, 5.74) is 11.6. The average molecular weight is 243 g/mol. The summed E-state index contributed by atoms with van der Waals surface area (Å²) in [6.45, 7) is 6.52. The van der Waals surface area contributed by atoms with Crippen LogP contribution >= 0.6 is 0 Å². The third kappa shape index (κ3) is 2.29. The van der Waals surface area contributed by atoms with E-state index in [-0.39, 0.29) is 5.82 Å². The number of halogens is 1. The molecule has 2 aromatic rings. The van der Waals surface area contributed by atoms with Gasteiger partial charge in [-0.1, -0.05) is 23.8 Å². The monoisotopic (exact) mass is 243 g/mol. The van der Waals surface area contributed by atoms with Crippen molar-refractivity contribution < 1.29 is 4.39 Å². The fourth-order valence-corrected chi connectivity index (χ4v) is 2.50. The maximum Gasteiger partial charge on any atom is 0.131 e. The topological polar surface area (TPSA) is 26.0 Å². The molecular weight excluding hydrogens is 225 g/mol. The molecule has 0 spiro atoms. The first-order valence-electron chi connectivity index (χ1n) is 6.09. The van der Waals surface area contributed by atoms with Crippen LogP contribution < -0.4 is 5.73 Å². The molecule has 1 nitrogen and oxygen atoms in total. The number of aryl methyl sites for hydroxylation is 3. The summed E-state index contributed by atoms with van der Waals surface area (Å²) >= 11 is 0. The van der Waals surface area contributed by atoms with Crippen LogP contribution in [0.3, 0.4) is 0 Å². The van der Waals surface area contributed by atoms with Crippen LogP contribution in [0.1, 0.15) is 22.3 Å². The molecule has 0 bridgehead atoms. The maximum absolute atomic E-state index is 14.0. The number of hydrogen-bond acceptors (Lipinski definition) is 1. The molecule has 94 valence electrons. The van der Waals surface area contributed by atoms with Crippen molar-refractivity contribution in [3.63, 3.8) is 0 Å². The number of nitrogens with two attached hydrogens (primary N) is 1. The zero-order valence-corrected chi connectivity index (χ0v) is 11.0. The largest absolute Gasteiger partial charge is 0.326 e. The molecule has 0 atom stereocenters. The summed E-state index contributed by atoms with van der Waals surface area (Å²) in [6.07, 6.45) is 0. The van der Waals surface area contributed by atoms with Crippen molar-refractivity contribution in [3.05, 3.63) is 58.4 Å². The highest BCUT2D eigenvalue weighted by Gasteiger charge is 2.11. The van der Waals surface area contributed by atoms with Crippen molar-refractivity contribution in [2.24, 2.45) is 5.73 Å². The lowest BCUT2D eigenvalue weighted by atomic mass is 9.92. The van der Waals surface area contributed by atoms with Crippen LogP contribution in [0.4, 0.5) is 4.39 Å². The standard InChI is InChI=1S/C16H18FN/c1-10-6-11(2)16(12(3)7-10)14-8-13(9-18)4-5-15(14)17/h4-8H,9,18H2,1-3H3. The Kier molecular flexibility index (Phi) is 3.48. The van der Waals surface area contributed by atoms with E-state index in [1.54, 1.807) is 6.07 Å². The normalized spacial score (nSPS) is 10.7. The Bertz CT molecular complexity index is 565. The van der Waals surface area contributed by atoms with Gasteiger partial charge in [0, 0.05) is 12.1 Å². The highest BCUT2D eigenvalue weighted by Crippen LogP contribution is 2.31. The Morgan fingerprint density at radius 3 is 2.17 bits per heavy atom. The molecule has 2 rings (SSSR count). The van der Waals surface area contributed by atoms with Crippen LogP contribution in [-0.4, -0.2) is 0 Å². The molecule has 0 saturated heterocycles. The van der Waals surface area contributed by atoms with E-state index in [9.17, 15) is 4.39 Å². The molecule has 2 aromatic carbocycles. The minimum Gasteiger partial charge on any atom is -0.326 e. The number of rotatable bonds is 2. The summed E-state index contributed by atoms with van der Waals surface area (Å²) in [4.78, 5) is 0. The van der Waals surface area contributed by atoms with Crippen molar-refractivity contribution in [1.29, 1.82) is 0 Å². The van der Waals surface area contributed by atoms with Gasteiger partial charge in [-0.2, -0.15) is 0 Å². The van der Waals surface area contributed by atoms with E-state index in [0.717, 1.165) is 22.3 Å². The molecule has 2 heteroatoms. The summed E-state index contributed by atoms with van der Waals surface area (Å²) in [6, 6.07) is 9.24. The third-order valence-electron chi connectivity index (χ3n) is 3.21. The number of benzene rings is 2. The Balaban J connectivity index is 2.68. The summed E-state index contributed by atoms with van der Waals surface area (Å²) in [5.74, 6) is -0.192. The van der Waals surface area contributed by atoms with E-state index in [2.05, 4.69) is 19.1 Å². The molecule has 0 fully saturated rings.